The molecule has 1 fully saturated rings. The molecule has 2 heterocycles. The van der Waals surface area contributed by atoms with E-state index in [1.54, 1.807) is 7.05 Å². The molecule has 1 aliphatic heterocycles. The van der Waals surface area contributed by atoms with Crippen molar-refractivity contribution in [3.05, 3.63) is 36.0 Å². The second-order valence-corrected chi connectivity index (χ2v) is 5.78. The summed E-state index contributed by atoms with van der Waals surface area (Å²) in [5.74, 6) is -1.92. The van der Waals surface area contributed by atoms with E-state index >= 15 is 0 Å². The van der Waals surface area contributed by atoms with Crippen LogP contribution in [0.4, 0.5) is 0 Å². The Morgan fingerprint density at radius 3 is 2.38 bits per heavy atom. The minimum atomic E-state index is -1.03. The molecule has 2 aromatic rings. The van der Waals surface area contributed by atoms with Crippen LogP contribution in [-0.4, -0.2) is 48.9 Å². The van der Waals surface area contributed by atoms with Gasteiger partial charge < -0.3 is 14.0 Å². The molecule has 1 aliphatic rings. The number of nitrogens with zero attached hydrogens (tertiary/aromatic N) is 2. The number of rotatable bonds is 3. The first-order chi connectivity index (χ1) is 11.5. The lowest BCUT2D eigenvalue weighted by molar-refractivity contribution is -0.182. The van der Waals surface area contributed by atoms with E-state index in [2.05, 4.69) is 0 Å². The van der Waals surface area contributed by atoms with Crippen molar-refractivity contribution < 1.29 is 23.9 Å². The molecule has 1 aromatic carbocycles. The summed E-state index contributed by atoms with van der Waals surface area (Å²) in [6, 6.07) is 9.44. The molecule has 1 aromatic heterocycles. The normalized spacial score (nSPS) is 24.2. The largest absolute Gasteiger partial charge is 0.469 e. The number of aryl methyl sites for hydroxylation is 1. The van der Waals surface area contributed by atoms with Crippen LogP contribution in [-0.2, 0) is 30.9 Å². The first-order valence-electron chi connectivity index (χ1n) is 7.59. The van der Waals surface area contributed by atoms with Gasteiger partial charge in [-0.15, -0.1) is 0 Å². The Bertz CT molecular complexity index is 784. The number of para-hydroxylation sites is 1. The summed E-state index contributed by atoms with van der Waals surface area (Å²) in [7, 11) is 6.18. The SMILES string of the molecule is COC(=O)[C@H]1[C@@H](C(=O)OC)ON(C)[C@H]1c1cc2ccccc2n1C. The monoisotopic (exact) mass is 332 g/mol. The maximum Gasteiger partial charge on any atom is 0.338 e. The average Bonchev–Trinajstić information content (AvgIpc) is 3.11. The molecule has 0 spiro atoms. The third-order valence-electron chi connectivity index (χ3n) is 4.54. The summed E-state index contributed by atoms with van der Waals surface area (Å²) in [5, 5.41) is 2.57. The van der Waals surface area contributed by atoms with Gasteiger partial charge >= 0.3 is 11.9 Å². The fraction of sp³-hybridized carbons (Fsp3) is 0.412. The molecule has 128 valence electrons. The highest BCUT2D eigenvalue weighted by molar-refractivity contribution is 5.86. The van der Waals surface area contributed by atoms with E-state index in [1.807, 2.05) is 41.9 Å². The van der Waals surface area contributed by atoms with E-state index in [-0.39, 0.29) is 0 Å². The summed E-state index contributed by atoms with van der Waals surface area (Å²) in [6.45, 7) is 0. The summed E-state index contributed by atoms with van der Waals surface area (Å²) in [5.41, 5.74) is 1.89. The van der Waals surface area contributed by atoms with E-state index in [1.165, 1.54) is 19.3 Å². The molecule has 0 radical (unpaired) electrons. The number of carbonyl (C=O) groups excluding carboxylic acids is 2. The Morgan fingerprint density at radius 2 is 1.75 bits per heavy atom. The van der Waals surface area contributed by atoms with Crippen molar-refractivity contribution in [3.8, 4) is 0 Å². The number of carbonyl (C=O) groups is 2. The van der Waals surface area contributed by atoms with Crippen molar-refractivity contribution in [2.75, 3.05) is 21.3 Å². The quantitative estimate of drug-likeness (QED) is 0.792. The molecule has 3 atom stereocenters. The average molecular weight is 332 g/mol. The maximum absolute atomic E-state index is 12.4. The fourth-order valence-electron chi connectivity index (χ4n) is 3.36. The Kier molecular flexibility index (Phi) is 4.29. The second kappa shape index (κ2) is 6.26. The van der Waals surface area contributed by atoms with Crippen molar-refractivity contribution in [1.29, 1.82) is 0 Å². The number of ether oxygens (including phenoxy) is 2. The van der Waals surface area contributed by atoms with Crippen molar-refractivity contribution in [2.45, 2.75) is 12.1 Å². The lowest BCUT2D eigenvalue weighted by Gasteiger charge is -2.22. The van der Waals surface area contributed by atoms with Crippen LogP contribution in [0, 0.1) is 5.92 Å². The number of hydroxylamine groups is 2. The smallest absolute Gasteiger partial charge is 0.338 e. The van der Waals surface area contributed by atoms with E-state index in [9.17, 15) is 9.59 Å². The summed E-state index contributed by atoms with van der Waals surface area (Å²) >= 11 is 0. The van der Waals surface area contributed by atoms with Gasteiger partial charge in [0.15, 0.2) is 6.10 Å². The summed E-state index contributed by atoms with van der Waals surface area (Å²) in [4.78, 5) is 30.0. The van der Waals surface area contributed by atoms with Crippen LogP contribution in [0.15, 0.2) is 30.3 Å². The van der Waals surface area contributed by atoms with Gasteiger partial charge in [0.1, 0.15) is 5.92 Å². The van der Waals surface area contributed by atoms with Gasteiger partial charge in [0.05, 0.1) is 20.3 Å². The van der Waals surface area contributed by atoms with Gasteiger partial charge in [-0.05, 0) is 17.5 Å². The van der Waals surface area contributed by atoms with E-state index < -0.39 is 30.0 Å². The van der Waals surface area contributed by atoms with Crippen LogP contribution in [0.2, 0.25) is 0 Å². The van der Waals surface area contributed by atoms with Crippen LogP contribution >= 0.6 is 0 Å². The summed E-state index contributed by atoms with van der Waals surface area (Å²) in [6.07, 6.45) is -1.03. The van der Waals surface area contributed by atoms with Gasteiger partial charge in [0.25, 0.3) is 0 Å². The van der Waals surface area contributed by atoms with Gasteiger partial charge in [0.2, 0.25) is 0 Å². The third-order valence-corrected chi connectivity index (χ3v) is 4.54. The zero-order chi connectivity index (χ0) is 17.4. The van der Waals surface area contributed by atoms with Crippen LogP contribution in [0.1, 0.15) is 11.7 Å². The molecular formula is C17H20N2O5. The Hall–Kier alpha value is -2.38. The number of methoxy groups -OCH3 is 2. The number of fused-ring (bicyclic) bond motifs is 1. The van der Waals surface area contributed by atoms with Crippen molar-refractivity contribution >= 4 is 22.8 Å². The highest BCUT2D eigenvalue weighted by Crippen LogP contribution is 2.41. The Labute approximate surface area is 139 Å². The van der Waals surface area contributed by atoms with E-state index in [0.717, 1.165) is 16.6 Å². The van der Waals surface area contributed by atoms with Crippen LogP contribution < -0.4 is 0 Å². The first-order valence-corrected chi connectivity index (χ1v) is 7.59. The van der Waals surface area contributed by atoms with Crippen molar-refractivity contribution in [2.24, 2.45) is 13.0 Å². The number of aromatic nitrogens is 1. The van der Waals surface area contributed by atoms with Crippen LogP contribution in [0.25, 0.3) is 10.9 Å². The molecule has 0 bridgehead atoms. The number of hydrogen-bond acceptors (Lipinski definition) is 6. The van der Waals surface area contributed by atoms with Gasteiger partial charge in [-0.2, -0.15) is 5.06 Å². The molecule has 0 amide bonds. The van der Waals surface area contributed by atoms with Crippen molar-refractivity contribution in [3.63, 3.8) is 0 Å². The topological polar surface area (TPSA) is 70.0 Å². The zero-order valence-corrected chi connectivity index (χ0v) is 14.1. The van der Waals surface area contributed by atoms with Gasteiger partial charge in [-0.25, -0.2) is 4.79 Å². The predicted molar refractivity (Wildman–Crippen MR) is 85.8 cm³/mol. The van der Waals surface area contributed by atoms with Crippen LogP contribution in [0.5, 0.6) is 0 Å². The minimum Gasteiger partial charge on any atom is -0.469 e. The molecular weight excluding hydrogens is 312 g/mol. The molecule has 1 saturated heterocycles. The highest BCUT2D eigenvalue weighted by Gasteiger charge is 2.52. The maximum atomic E-state index is 12.4. The predicted octanol–water partition coefficient (Wildman–Crippen LogP) is 1.43. The minimum absolute atomic E-state index is 0.459. The molecule has 0 N–H and O–H groups in total. The van der Waals surface area contributed by atoms with Crippen molar-refractivity contribution in [1.82, 2.24) is 9.63 Å². The van der Waals surface area contributed by atoms with Gasteiger partial charge in [-0.3, -0.25) is 9.63 Å². The molecule has 3 rings (SSSR count). The fourth-order valence-corrected chi connectivity index (χ4v) is 3.36. The molecule has 0 unspecified atom stereocenters. The van der Waals surface area contributed by atoms with E-state index in [4.69, 9.17) is 14.3 Å². The third kappa shape index (κ3) is 2.46. The number of benzene rings is 1. The molecule has 24 heavy (non-hydrogen) atoms. The molecule has 0 saturated carbocycles. The first kappa shape index (κ1) is 16.5. The number of esters is 2. The zero-order valence-electron chi connectivity index (χ0n) is 14.1. The Morgan fingerprint density at radius 1 is 1.08 bits per heavy atom. The highest BCUT2D eigenvalue weighted by atomic mass is 16.7. The van der Waals surface area contributed by atoms with E-state index in [0.29, 0.717) is 0 Å². The lowest BCUT2D eigenvalue weighted by atomic mass is 9.92. The molecule has 0 aliphatic carbocycles. The van der Waals surface area contributed by atoms with Gasteiger partial charge in [0, 0.05) is 25.3 Å². The standard InChI is InChI=1S/C17H20N2O5/c1-18-11-8-6-5-7-10(11)9-12(18)14-13(16(20)22-3)15(17(21)23-4)24-19(14)2/h5-9,13-15H,1-4H3/t13-,14+,15+/m1/s1. The lowest BCUT2D eigenvalue weighted by Crippen LogP contribution is -2.36. The second-order valence-electron chi connectivity index (χ2n) is 5.78. The van der Waals surface area contributed by atoms with Crippen LogP contribution in [0.3, 0.4) is 0 Å². The Balaban J connectivity index is 2.10. The molecule has 7 nitrogen and oxygen atoms in total. The summed E-state index contributed by atoms with van der Waals surface area (Å²) < 4.78 is 11.7. The van der Waals surface area contributed by atoms with Gasteiger partial charge in [-0.1, -0.05) is 18.2 Å². The molecule has 7 heteroatoms. The number of hydrogen-bond donors (Lipinski definition) is 0.